The Morgan fingerprint density at radius 1 is 1.00 bits per heavy atom. The number of hydrogen-bond donors (Lipinski definition) is 1. The van der Waals surface area contributed by atoms with Crippen molar-refractivity contribution >= 4 is 0 Å². The molecule has 2 aromatic carbocycles. The van der Waals surface area contributed by atoms with E-state index < -0.39 is 29.3 Å². The Kier molecular flexibility index (Phi) is 3.76. The van der Waals surface area contributed by atoms with Crippen molar-refractivity contribution in [2.45, 2.75) is 13.0 Å². The summed E-state index contributed by atoms with van der Waals surface area (Å²) in [7, 11) is 0. The Bertz CT molecular complexity index is 597. The van der Waals surface area contributed by atoms with E-state index in [1.165, 1.54) is 31.2 Å². The molecule has 0 saturated carbocycles. The lowest BCUT2D eigenvalue weighted by Gasteiger charge is -2.14. The van der Waals surface area contributed by atoms with Crippen molar-refractivity contribution in [3.63, 3.8) is 0 Å². The smallest absolute Gasteiger partial charge is 0.201 e. The van der Waals surface area contributed by atoms with E-state index in [1.807, 2.05) is 0 Å². The van der Waals surface area contributed by atoms with Gasteiger partial charge in [0.25, 0.3) is 0 Å². The van der Waals surface area contributed by atoms with Crippen molar-refractivity contribution < 1.29 is 23.0 Å². The highest BCUT2D eigenvalue weighted by atomic mass is 19.2. The van der Waals surface area contributed by atoms with Crippen LogP contribution < -0.4 is 4.74 Å². The molecular formula is C14H11F3O2. The number of aliphatic hydroxyl groups excluding tert-OH is 1. The van der Waals surface area contributed by atoms with E-state index in [2.05, 4.69) is 0 Å². The van der Waals surface area contributed by atoms with E-state index in [9.17, 15) is 18.3 Å². The molecule has 0 radical (unpaired) electrons. The highest BCUT2D eigenvalue weighted by Crippen LogP contribution is 2.33. The van der Waals surface area contributed by atoms with Crippen molar-refractivity contribution in [1.29, 1.82) is 0 Å². The minimum atomic E-state index is -1.21. The second-order valence-corrected chi connectivity index (χ2v) is 3.99. The summed E-state index contributed by atoms with van der Waals surface area (Å²) in [5.74, 6) is -3.81. The van der Waals surface area contributed by atoms with Gasteiger partial charge in [-0.1, -0.05) is 18.2 Å². The van der Waals surface area contributed by atoms with Crippen LogP contribution >= 0.6 is 0 Å². The predicted molar refractivity (Wildman–Crippen MR) is 63.5 cm³/mol. The van der Waals surface area contributed by atoms with E-state index in [0.29, 0.717) is 0 Å². The summed E-state index contributed by atoms with van der Waals surface area (Å²) in [5.41, 5.74) is 0.156. The number of rotatable bonds is 3. The monoisotopic (exact) mass is 268 g/mol. The molecule has 2 aromatic rings. The van der Waals surface area contributed by atoms with Crippen molar-refractivity contribution in [2.24, 2.45) is 0 Å². The summed E-state index contributed by atoms with van der Waals surface area (Å²) in [5, 5.41) is 9.52. The Labute approximate surface area is 108 Å². The van der Waals surface area contributed by atoms with Gasteiger partial charge in [0, 0.05) is 5.56 Å². The summed E-state index contributed by atoms with van der Waals surface area (Å²) in [6, 6.07) is 7.30. The molecule has 1 N–H and O–H groups in total. The Hall–Kier alpha value is -2.01. The molecule has 0 spiro atoms. The van der Waals surface area contributed by atoms with E-state index in [1.54, 1.807) is 0 Å². The highest BCUT2D eigenvalue weighted by Gasteiger charge is 2.17. The van der Waals surface area contributed by atoms with Crippen LogP contribution in [0.15, 0.2) is 36.4 Å². The van der Waals surface area contributed by atoms with Gasteiger partial charge in [-0.25, -0.2) is 8.78 Å². The van der Waals surface area contributed by atoms with Gasteiger partial charge < -0.3 is 9.84 Å². The van der Waals surface area contributed by atoms with Gasteiger partial charge in [-0.2, -0.15) is 4.39 Å². The molecule has 0 unspecified atom stereocenters. The molecule has 100 valence electrons. The van der Waals surface area contributed by atoms with Gasteiger partial charge in [-0.05, 0) is 25.1 Å². The molecule has 0 aliphatic rings. The molecule has 0 bridgehead atoms. The minimum Gasteiger partial charge on any atom is -0.451 e. The van der Waals surface area contributed by atoms with Gasteiger partial charge >= 0.3 is 0 Å². The first-order valence-corrected chi connectivity index (χ1v) is 5.59. The summed E-state index contributed by atoms with van der Waals surface area (Å²) in [4.78, 5) is 0. The Morgan fingerprint density at radius 3 is 2.32 bits per heavy atom. The number of halogens is 3. The molecule has 2 rings (SSSR count). The number of para-hydroxylation sites is 1. The summed E-state index contributed by atoms with van der Waals surface area (Å²) in [6.45, 7) is 1.42. The average molecular weight is 268 g/mol. The lowest BCUT2D eigenvalue weighted by molar-refractivity contribution is 0.194. The van der Waals surface area contributed by atoms with Crippen LogP contribution in [0.4, 0.5) is 13.2 Å². The van der Waals surface area contributed by atoms with Crippen LogP contribution in [0.3, 0.4) is 0 Å². The van der Waals surface area contributed by atoms with Crippen molar-refractivity contribution in [1.82, 2.24) is 0 Å². The van der Waals surface area contributed by atoms with E-state index >= 15 is 0 Å². The minimum absolute atomic E-state index is 0.156. The number of aliphatic hydroxyl groups is 1. The van der Waals surface area contributed by atoms with Crippen LogP contribution in [0.1, 0.15) is 18.6 Å². The molecular weight excluding hydrogens is 257 g/mol. The average Bonchev–Trinajstić information content (AvgIpc) is 2.36. The maximum absolute atomic E-state index is 13.7. The quantitative estimate of drug-likeness (QED) is 0.913. The first-order chi connectivity index (χ1) is 9.00. The molecule has 0 aliphatic carbocycles. The predicted octanol–water partition coefficient (Wildman–Crippen LogP) is 3.95. The SMILES string of the molecule is C[C@H](O)c1cccc(F)c1Oc1cccc(F)c1F. The second-order valence-electron chi connectivity index (χ2n) is 3.99. The molecule has 19 heavy (non-hydrogen) atoms. The topological polar surface area (TPSA) is 29.5 Å². The largest absolute Gasteiger partial charge is 0.451 e. The highest BCUT2D eigenvalue weighted by molar-refractivity contribution is 5.40. The number of hydrogen-bond acceptors (Lipinski definition) is 2. The van der Waals surface area contributed by atoms with Gasteiger partial charge in [-0.15, -0.1) is 0 Å². The first-order valence-electron chi connectivity index (χ1n) is 5.59. The van der Waals surface area contributed by atoms with Crippen LogP contribution in [-0.4, -0.2) is 5.11 Å². The van der Waals surface area contributed by atoms with Crippen LogP contribution in [-0.2, 0) is 0 Å². The van der Waals surface area contributed by atoms with E-state index in [4.69, 9.17) is 4.74 Å². The van der Waals surface area contributed by atoms with Crippen molar-refractivity contribution in [3.8, 4) is 11.5 Å². The molecule has 1 atom stereocenters. The maximum Gasteiger partial charge on any atom is 0.201 e. The van der Waals surface area contributed by atoms with Crippen LogP contribution in [0, 0.1) is 17.5 Å². The second kappa shape index (κ2) is 5.32. The fourth-order valence-corrected chi connectivity index (χ4v) is 1.63. The fraction of sp³-hybridized carbons (Fsp3) is 0.143. The maximum atomic E-state index is 13.7. The van der Waals surface area contributed by atoms with Crippen molar-refractivity contribution in [2.75, 3.05) is 0 Å². The van der Waals surface area contributed by atoms with Crippen molar-refractivity contribution in [3.05, 3.63) is 59.4 Å². The molecule has 0 aliphatic heterocycles. The summed E-state index contributed by atoms with van der Waals surface area (Å²) >= 11 is 0. The standard InChI is InChI=1S/C14H11F3O2/c1-8(18)9-4-2-6-11(16)14(9)19-12-7-3-5-10(15)13(12)17/h2-8,18H,1H3/t8-/m0/s1. The molecule has 2 nitrogen and oxygen atoms in total. The van der Waals surface area contributed by atoms with Crippen LogP contribution in [0.2, 0.25) is 0 Å². The molecule has 0 saturated heterocycles. The Balaban J connectivity index is 2.46. The van der Waals surface area contributed by atoms with Gasteiger partial charge in [0.2, 0.25) is 5.82 Å². The van der Waals surface area contributed by atoms with Gasteiger partial charge in [0.05, 0.1) is 6.10 Å². The lowest BCUT2D eigenvalue weighted by atomic mass is 10.1. The zero-order valence-electron chi connectivity index (χ0n) is 10.0. The fourth-order valence-electron chi connectivity index (χ4n) is 1.63. The number of ether oxygens (including phenoxy) is 1. The van der Waals surface area contributed by atoms with Crippen LogP contribution in [0.25, 0.3) is 0 Å². The molecule has 0 heterocycles. The van der Waals surface area contributed by atoms with Gasteiger partial charge in [0.1, 0.15) is 0 Å². The molecule has 5 heteroatoms. The zero-order valence-corrected chi connectivity index (χ0v) is 10.0. The Morgan fingerprint density at radius 2 is 1.63 bits per heavy atom. The molecule has 0 amide bonds. The van der Waals surface area contributed by atoms with Crippen LogP contribution in [0.5, 0.6) is 11.5 Å². The molecule has 0 fully saturated rings. The van der Waals surface area contributed by atoms with E-state index in [0.717, 1.165) is 12.1 Å². The lowest BCUT2D eigenvalue weighted by Crippen LogP contribution is -2.00. The third-order valence-electron chi connectivity index (χ3n) is 2.58. The molecule has 0 aromatic heterocycles. The summed E-state index contributed by atoms with van der Waals surface area (Å²) < 4.78 is 45.2. The summed E-state index contributed by atoms with van der Waals surface area (Å²) in [6.07, 6.45) is -0.998. The third-order valence-corrected chi connectivity index (χ3v) is 2.58. The third kappa shape index (κ3) is 2.71. The normalized spacial score (nSPS) is 12.3. The zero-order chi connectivity index (χ0) is 14.0. The number of benzene rings is 2. The van der Waals surface area contributed by atoms with Gasteiger partial charge in [-0.3, -0.25) is 0 Å². The van der Waals surface area contributed by atoms with Gasteiger partial charge in [0.15, 0.2) is 23.1 Å². The van der Waals surface area contributed by atoms with E-state index in [-0.39, 0.29) is 11.3 Å². The first kappa shape index (κ1) is 13.4.